The third-order valence-electron chi connectivity index (χ3n) is 4.16. The third kappa shape index (κ3) is 6.81. The van der Waals surface area contributed by atoms with E-state index in [1.807, 2.05) is 18.2 Å². The van der Waals surface area contributed by atoms with Gasteiger partial charge in [-0.25, -0.2) is 9.79 Å². The summed E-state index contributed by atoms with van der Waals surface area (Å²) in [5.74, 6) is 0.514. The Kier molecular flexibility index (Phi) is 8.50. The van der Waals surface area contributed by atoms with Gasteiger partial charge in [-0.1, -0.05) is 6.07 Å². The maximum atomic E-state index is 12.1. The predicted molar refractivity (Wildman–Crippen MR) is 121 cm³/mol. The summed E-state index contributed by atoms with van der Waals surface area (Å²) in [5.41, 5.74) is 18.9. The summed E-state index contributed by atoms with van der Waals surface area (Å²) in [6.07, 6.45) is 0.701. The summed E-state index contributed by atoms with van der Waals surface area (Å²) in [6, 6.07) is 10.7. The van der Waals surface area contributed by atoms with Crippen LogP contribution in [0.3, 0.4) is 0 Å². The topological polar surface area (TPSA) is 160 Å². The molecule has 7 N–H and O–H groups in total. The van der Waals surface area contributed by atoms with E-state index < -0.39 is 5.97 Å². The van der Waals surface area contributed by atoms with Crippen molar-refractivity contribution in [3.05, 3.63) is 47.5 Å². The van der Waals surface area contributed by atoms with Crippen LogP contribution < -0.4 is 32.0 Å². The first kappa shape index (κ1) is 23.3. The van der Waals surface area contributed by atoms with Gasteiger partial charge in [-0.15, -0.1) is 0 Å². The van der Waals surface area contributed by atoms with E-state index in [2.05, 4.69) is 15.3 Å². The molecule has 0 aromatic heterocycles. The van der Waals surface area contributed by atoms with E-state index in [4.69, 9.17) is 31.4 Å². The number of carbonyl (C=O) groups excluding carboxylic acids is 1. The molecule has 0 atom stereocenters. The van der Waals surface area contributed by atoms with Gasteiger partial charge in [0.15, 0.2) is 17.5 Å². The number of nitrogens with one attached hydrogen (secondary N) is 1. The van der Waals surface area contributed by atoms with E-state index in [-0.39, 0.29) is 18.5 Å². The molecular weight excluding hydrogens is 400 g/mol. The lowest BCUT2D eigenvalue weighted by atomic mass is 10.1. The number of ether oxygens (including phenoxy) is 3. The molecule has 0 bridgehead atoms. The first-order valence-electron chi connectivity index (χ1n) is 9.57. The number of nitrogens with zero attached hydrogens (tertiary/aromatic N) is 2. The number of aliphatic imine (C=N–C) groups is 2. The van der Waals surface area contributed by atoms with Crippen molar-refractivity contribution >= 4 is 29.3 Å². The Balaban J connectivity index is 2.22. The highest BCUT2D eigenvalue weighted by Gasteiger charge is 2.11. The number of benzene rings is 2. The molecule has 0 heterocycles. The monoisotopic (exact) mass is 428 g/mol. The summed E-state index contributed by atoms with van der Waals surface area (Å²) in [4.78, 5) is 20.0. The SMILES string of the molecule is CCOC(=O)c1ccc(NCCc2ccc(OC)c(OC)c2)c(N=C(N)N=C(N)N)c1. The zero-order chi connectivity index (χ0) is 22.8. The van der Waals surface area contributed by atoms with E-state index in [1.54, 1.807) is 39.3 Å². The van der Waals surface area contributed by atoms with Crippen molar-refractivity contribution in [2.75, 3.05) is 32.7 Å². The Hall–Kier alpha value is -3.95. The van der Waals surface area contributed by atoms with Gasteiger partial charge < -0.3 is 36.7 Å². The quantitative estimate of drug-likeness (QED) is 0.267. The number of guanidine groups is 2. The van der Waals surface area contributed by atoms with Crippen molar-refractivity contribution in [2.24, 2.45) is 27.2 Å². The summed E-state index contributed by atoms with van der Waals surface area (Å²) in [5, 5.41) is 3.29. The van der Waals surface area contributed by atoms with Crippen molar-refractivity contribution in [1.82, 2.24) is 0 Å². The van der Waals surface area contributed by atoms with Crippen molar-refractivity contribution < 1.29 is 19.0 Å². The molecule has 10 heteroatoms. The molecule has 10 nitrogen and oxygen atoms in total. The molecule has 0 aliphatic heterocycles. The fraction of sp³-hybridized carbons (Fsp3) is 0.286. The van der Waals surface area contributed by atoms with E-state index in [0.29, 0.717) is 41.4 Å². The lowest BCUT2D eigenvalue weighted by molar-refractivity contribution is 0.0526. The number of carbonyl (C=O) groups is 1. The molecule has 31 heavy (non-hydrogen) atoms. The van der Waals surface area contributed by atoms with Crippen LogP contribution in [0.15, 0.2) is 46.4 Å². The number of rotatable bonds is 9. The minimum absolute atomic E-state index is 0.135. The van der Waals surface area contributed by atoms with Crippen molar-refractivity contribution in [1.29, 1.82) is 0 Å². The Morgan fingerprint density at radius 2 is 1.77 bits per heavy atom. The Labute approximate surface area is 181 Å². The maximum Gasteiger partial charge on any atom is 0.338 e. The zero-order valence-corrected chi connectivity index (χ0v) is 17.8. The number of hydrogen-bond acceptors (Lipinski definition) is 6. The second-order valence-electron chi connectivity index (χ2n) is 6.33. The molecule has 0 aliphatic carbocycles. The smallest absolute Gasteiger partial charge is 0.338 e. The Morgan fingerprint density at radius 1 is 1.03 bits per heavy atom. The average molecular weight is 428 g/mol. The van der Waals surface area contributed by atoms with E-state index in [0.717, 1.165) is 5.56 Å². The van der Waals surface area contributed by atoms with E-state index in [9.17, 15) is 4.79 Å². The molecule has 166 valence electrons. The van der Waals surface area contributed by atoms with Crippen LogP contribution in [-0.2, 0) is 11.2 Å². The summed E-state index contributed by atoms with van der Waals surface area (Å²) < 4.78 is 15.6. The largest absolute Gasteiger partial charge is 0.493 e. The molecule has 2 aromatic rings. The number of esters is 1. The molecule has 0 spiro atoms. The summed E-state index contributed by atoms with van der Waals surface area (Å²) in [7, 11) is 3.19. The Morgan fingerprint density at radius 3 is 2.42 bits per heavy atom. The fourth-order valence-corrected chi connectivity index (χ4v) is 2.77. The van der Waals surface area contributed by atoms with Gasteiger partial charge in [-0.2, -0.15) is 4.99 Å². The van der Waals surface area contributed by atoms with Gasteiger partial charge in [-0.05, 0) is 49.2 Å². The lowest BCUT2D eigenvalue weighted by Gasteiger charge is -2.13. The normalized spacial score (nSPS) is 10.9. The highest BCUT2D eigenvalue weighted by molar-refractivity contribution is 5.96. The summed E-state index contributed by atoms with van der Waals surface area (Å²) >= 11 is 0. The van der Waals surface area contributed by atoms with Crippen molar-refractivity contribution in [2.45, 2.75) is 13.3 Å². The van der Waals surface area contributed by atoms with Gasteiger partial charge >= 0.3 is 5.97 Å². The highest BCUT2D eigenvalue weighted by Crippen LogP contribution is 2.29. The second-order valence-corrected chi connectivity index (χ2v) is 6.33. The lowest BCUT2D eigenvalue weighted by Crippen LogP contribution is -2.26. The molecular formula is C21H28N6O4. The average Bonchev–Trinajstić information content (AvgIpc) is 2.74. The van der Waals surface area contributed by atoms with Crippen LogP contribution in [0, 0.1) is 0 Å². The number of anilines is 1. The van der Waals surface area contributed by atoms with Gasteiger partial charge in [0, 0.05) is 6.54 Å². The van der Waals surface area contributed by atoms with E-state index in [1.165, 1.54) is 0 Å². The number of hydrogen-bond donors (Lipinski definition) is 4. The standard InChI is InChI=1S/C21H28N6O4/c1-4-31-19(28)14-6-7-15(16(12-14)26-21(24)27-20(22)23)25-10-9-13-5-8-17(29-2)18(11-13)30-3/h5-8,11-12,25H,4,9-10H2,1-3H3,(H6,22,23,24,26,27). The number of methoxy groups -OCH3 is 2. The summed E-state index contributed by atoms with van der Waals surface area (Å²) in [6.45, 7) is 2.58. The fourth-order valence-electron chi connectivity index (χ4n) is 2.77. The molecule has 0 unspecified atom stereocenters. The Bertz CT molecular complexity index is 970. The van der Waals surface area contributed by atoms with Gasteiger partial charge in [0.25, 0.3) is 0 Å². The molecule has 2 rings (SSSR count). The minimum atomic E-state index is -0.462. The van der Waals surface area contributed by atoms with Crippen LogP contribution in [0.5, 0.6) is 11.5 Å². The van der Waals surface area contributed by atoms with Crippen molar-refractivity contribution in [3.63, 3.8) is 0 Å². The van der Waals surface area contributed by atoms with Crippen LogP contribution in [-0.4, -0.2) is 45.3 Å². The first-order chi connectivity index (χ1) is 14.9. The first-order valence-corrected chi connectivity index (χ1v) is 9.57. The number of nitrogens with two attached hydrogens (primary N) is 3. The molecule has 0 aliphatic rings. The second kappa shape index (κ2) is 11.3. The van der Waals surface area contributed by atoms with Crippen LogP contribution >= 0.6 is 0 Å². The predicted octanol–water partition coefficient (Wildman–Crippen LogP) is 1.75. The third-order valence-corrected chi connectivity index (χ3v) is 4.16. The van der Waals surface area contributed by atoms with Crippen LogP contribution in [0.4, 0.5) is 11.4 Å². The van der Waals surface area contributed by atoms with Crippen molar-refractivity contribution in [3.8, 4) is 11.5 Å². The van der Waals surface area contributed by atoms with Crippen LogP contribution in [0.1, 0.15) is 22.8 Å². The zero-order valence-electron chi connectivity index (χ0n) is 17.8. The molecule has 2 aromatic carbocycles. The highest BCUT2D eigenvalue weighted by atomic mass is 16.5. The van der Waals surface area contributed by atoms with Gasteiger partial charge in [0.1, 0.15) is 0 Å². The molecule has 0 amide bonds. The molecule has 0 radical (unpaired) electrons. The maximum absolute atomic E-state index is 12.1. The van der Waals surface area contributed by atoms with Gasteiger partial charge in [-0.3, -0.25) is 0 Å². The van der Waals surface area contributed by atoms with Crippen LogP contribution in [0.25, 0.3) is 0 Å². The van der Waals surface area contributed by atoms with Crippen LogP contribution in [0.2, 0.25) is 0 Å². The molecule has 0 fully saturated rings. The van der Waals surface area contributed by atoms with Gasteiger partial charge in [0.2, 0.25) is 5.96 Å². The molecule has 0 saturated carbocycles. The molecule has 0 saturated heterocycles. The minimum Gasteiger partial charge on any atom is -0.493 e. The van der Waals surface area contributed by atoms with E-state index >= 15 is 0 Å². The van der Waals surface area contributed by atoms with Gasteiger partial charge in [0.05, 0.1) is 37.8 Å².